The molecule has 8 heteroatoms. The van der Waals surface area contributed by atoms with E-state index in [0.717, 1.165) is 37.3 Å². The Morgan fingerprint density at radius 3 is 2.43 bits per heavy atom. The molecule has 1 N–H and O–H groups in total. The summed E-state index contributed by atoms with van der Waals surface area (Å²) in [5, 5.41) is 3.27. The molecule has 0 bridgehead atoms. The molecule has 0 unspecified atom stereocenters. The molecule has 3 rings (SSSR count). The molecular weight excluding hydrogens is 380 g/mol. The average molecular weight is 403 g/mol. The third kappa shape index (κ3) is 4.25. The Hall–Kier alpha value is -2.67. The highest BCUT2D eigenvalue weighted by molar-refractivity contribution is 6.30. The van der Waals surface area contributed by atoms with Crippen LogP contribution < -0.4 is 10.2 Å². The van der Waals surface area contributed by atoms with E-state index in [2.05, 4.69) is 20.2 Å². The fraction of sp³-hybridized carbons (Fsp3) is 0.400. The maximum absolute atomic E-state index is 12.7. The molecule has 1 fully saturated rings. The number of ether oxygens (including phenoxy) is 1. The van der Waals surface area contributed by atoms with Gasteiger partial charge in [0, 0.05) is 23.7 Å². The third-order valence-electron chi connectivity index (χ3n) is 4.63. The number of esters is 1. The second-order valence-electron chi connectivity index (χ2n) is 7.20. The minimum atomic E-state index is -1.18. The fourth-order valence-corrected chi connectivity index (χ4v) is 3.23. The van der Waals surface area contributed by atoms with Crippen molar-refractivity contribution in [1.82, 2.24) is 15.3 Å². The largest absolute Gasteiger partial charge is 0.467 e. The molecule has 1 aromatic heterocycles. The lowest BCUT2D eigenvalue weighted by Crippen LogP contribution is -2.50. The van der Waals surface area contributed by atoms with Crippen LogP contribution in [0.15, 0.2) is 30.5 Å². The maximum atomic E-state index is 12.7. The van der Waals surface area contributed by atoms with Crippen molar-refractivity contribution >= 4 is 29.3 Å². The van der Waals surface area contributed by atoms with Crippen LogP contribution in [0.25, 0.3) is 11.3 Å². The van der Waals surface area contributed by atoms with Crippen molar-refractivity contribution in [1.29, 1.82) is 0 Å². The summed E-state index contributed by atoms with van der Waals surface area (Å²) in [6, 6.07) is 7.26. The summed E-state index contributed by atoms with van der Waals surface area (Å²) in [4.78, 5) is 35.8. The van der Waals surface area contributed by atoms with E-state index in [4.69, 9.17) is 16.3 Å². The molecule has 1 aliphatic heterocycles. The highest BCUT2D eigenvalue weighted by Gasteiger charge is 2.32. The van der Waals surface area contributed by atoms with Gasteiger partial charge in [-0.25, -0.2) is 14.8 Å². The second-order valence-corrected chi connectivity index (χ2v) is 7.64. The zero-order chi connectivity index (χ0) is 20.3. The van der Waals surface area contributed by atoms with Gasteiger partial charge in [0.05, 0.1) is 13.3 Å². The van der Waals surface area contributed by atoms with Crippen LogP contribution in [0.4, 0.5) is 5.82 Å². The number of benzene rings is 1. The van der Waals surface area contributed by atoms with E-state index >= 15 is 0 Å². The number of nitrogens with zero attached hydrogens (tertiary/aromatic N) is 3. The van der Waals surface area contributed by atoms with Gasteiger partial charge < -0.3 is 15.0 Å². The Morgan fingerprint density at radius 1 is 1.18 bits per heavy atom. The summed E-state index contributed by atoms with van der Waals surface area (Å²) in [6.07, 6.45) is 3.63. The minimum Gasteiger partial charge on any atom is -0.467 e. The quantitative estimate of drug-likeness (QED) is 0.773. The number of methoxy groups -OCH3 is 1. The Bertz CT molecular complexity index is 878. The first-order chi connectivity index (χ1) is 13.3. The number of aromatic nitrogens is 2. The number of halogens is 1. The minimum absolute atomic E-state index is 0.130. The number of rotatable bonds is 5. The molecule has 0 radical (unpaired) electrons. The SMILES string of the molecule is COC(=O)C(C)(C)NC(=O)c1cnc(N2CCCC2)c(-c2ccc(Cl)cc2)n1. The van der Waals surface area contributed by atoms with Crippen LogP contribution in [0, 0.1) is 0 Å². The predicted molar refractivity (Wildman–Crippen MR) is 107 cm³/mol. The lowest BCUT2D eigenvalue weighted by Gasteiger charge is -2.23. The number of carbonyl (C=O) groups excluding carboxylic acids is 2. The number of amides is 1. The van der Waals surface area contributed by atoms with E-state index in [9.17, 15) is 9.59 Å². The van der Waals surface area contributed by atoms with Crippen LogP contribution >= 0.6 is 11.6 Å². The fourth-order valence-electron chi connectivity index (χ4n) is 3.11. The Kier molecular flexibility index (Phi) is 5.84. The van der Waals surface area contributed by atoms with Crippen molar-refractivity contribution in [3.63, 3.8) is 0 Å². The number of hydrogen-bond donors (Lipinski definition) is 1. The van der Waals surface area contributed by atoms with E-state index in [-0.39, 0.29) is 5.69 Å². The normalized spacial score (nSPS) is 14.1. The molecule has 2 aromatic rings. The van der Waals surface area contributed by atoms with Crippen molar-refractivity contribution in [3.8, 4) is 11.3 Å². The zero-order valence-electron chi connectivity index (χ0n) is 16.2. The van der Waals surface area contributed by atoms with E-state index in [1.807, 2.05) is 12.1 Å². The van der Waals surface area contributed by atoms with Crippen LogP contribution in [0.2, 0.25) is 5.02 Å². The highest BCUT2D eigenvalue weighted by Crippen LogP contribution is 2.30. The van der Waals surface area contributed by atoms with Crippen LogP contribution in [0.3, 0.4) is 0 Å². The third-order valence-corrected chi connectivity index (χ3v) is 4.88. The van der Waals surface area contributed by atoms with Crippen LogP contribution in [0.5, 0.6) is 0 Å². The smallest absolute Gasteiger partial charge is 0.330 e. The van der Waals surface area contributed by atoms with Gasteiger partial charge in [0.25, 0.3) is 5.91 Å². The summed E-state index contributed by atoms with van der Waals surface area (Å²) < 4.78 is 4.73. The van der Waals surface area contributed by atoms with Gasteiger partial charge in [-0.1, -0.05) is 23.7 Å². The molecule has 7 nitrogen and oxygen atoms in total. The van der Waals surface area contributed by atoms with Gasteiger partial charge in [-0.3, -0.25) is 4.79 Å². The molecule has 0 atom stereocenters. The first kappa shape index (κ1) is 20.1. The van der Waals surface area contributed by atoms with Crippen molar-refractivity contribution in [2.75, 3.05) is 25.1 Å². The van der Waals surface area contributed by atoms with Crippen LogP contribution in [0.1, 0.15) is 37.2 Å². The molecule has 0 saturated carbocycles. The van der Waals surface area contributed by atoms with Gasteiger partial charge in [0.2, 0.25) is 0 Å². The molecule has 1 amide bonds. The predicted octanol–water partition coefficient (Wildman–Crippen LogP) is 3.08. The molecule has 0 spiro atoms. The van der Waals surface area contributed by atoms with E-state index in [1.54, 1.807) is 26.0 Å². The zero-order valence-corrected chi connectivity index (χ0v) is 16.9. The molecule has 0 aliphatic carbocycles. The summed E-state index contributed by atoms with van der Waals surface area (Å²) in [5.74, 6) is -0.296. The van der Waals surface area contributed by atoms with Gasteiger partial charge >= 0.3 is 5.97 Å². The molecule has 1 aliphatic rings. The number of carbonyl (C=O) groups is 2. The number of nitrogens with one attached hydrogen (secondary N) is 1. The number of anilines is 1. The molecule has 28 heavy (non-hydrogen) atoms. The summed E-state index contributed by atoms with van der Waals surface area (Å²) >= 11 is 6.01. The standard InChI is InChI=1S/C20H23ClN4O3/c1-20(2,19(27)28-3)24-18(26)15-12-22-17(25-10-4-5-11-25)16(23-15)13-6-8-14(21)9-7-13/h6-9,12H,4-5,10-11H2,1-3H3,(H,24,26). The molecular formula is C20H23ClN4O3. The summed E-state index contributed by atoms with van der Waals surface area (Å²) in [7, 11) is 1.28. The number of hydrogen-bond acceptors (Lipinski definition) is 6. The van der Waals surface area contributed by atoms with Gasteiger partial charge in [0.1, 0.15) is 16.9 Å². The average Bonchev–Trinajstić information content (AvgIpc) is 3.21. The maximum Gasteiger partial charge on any atom is 0.330 e. The van der Waals surface area contributed by atoms with Crippen molar-refractivity contribution in [2.45, 2.75) is 32.2 Å². The van der Waals surface area contributed by atoms with E-state index in [0.29, 0.717) is 10.7 Å². The van der Waals surface area contributed by atoms with Crippen molar-refractivity contribution in [2.24, 2.45) is 0 Å². The van der Waals surface area contributed by atoms with E-state index in [1.165, 1.54) is 13.3 Å². The monoisotopic (exact) mass is 402 g/mol. The van der Waals surface area contributed by atoms with Crippen molar-refractivity contribution < 1.29 is 14.3 Å². The Morgan fingerprint density at radius 2 is 1.82 bits per heavy atom. The van der Waals surface area contributed by atoms with Crippen molar-refractivity contribution in [3.05, 3.63) is 41.2 Å². The highest BCUT2D eigenvalue weighted by atomic mass is 35.5. The van der Waals surface area contributed by atoms with Gasteiger partial charge in [-0.15, -0.1) is 0 Å². The lowest BCUT2D eigenvalue weighted by atomic mass is 10.1. The molecule has 148 valence electrons. The molecule has 1 saturated heterocycles. The topological polar surface area (TPSA) is 84.4 Å². The van der Waals surface area contributed by atoms with Crippen LogP contribution in [-0.2, 0) is 9.53 Å². The summed E-state index contributed by atoms with van der Waals surface area (Å²) in [6.45, 7) is 4.94. The Balaban J connectivity index is 1.97. The lowest BCUT2D eigenvalue weighted by molar-refractivity contribution is -0.146. The van der Waals surface area contributed by atoms with E-state index < -0.39 is 17.4 Å². The van der Waals surface area contributed by atoms with Crippen LogP contribution in [-0.4, -0.2) is 47.6 Å². The van der Waals surface area contributed by atoms with Gasteiger partial charge in [-0.2, -0.15) is 0 Å². The second kappa shape index (κ2) is 8.14. The first-order valence-electron chi connectivity index (χ1n) is 9.10. The Labute approximate surface area is 169 Å². The van der Waals surface area contributed by atoms with Gasteiger partial charge in [-0.05, 0) is 38.8 Å². The van der Waals surface area contributed by atoms with Gasteiger partial charge in [0.15, 0.2) is 5.82 Å². The molecule has 2 heterocycles. The molecule has 1 aromatic carbocycles. The first-order valence-corrected chi connectivity index (χ1v) is 9.48. The summed E-state index contributed by atoms with van der Waals surface area (Å²) in [5.41, 5.74) is 0.384.